The van der Waals surface area contributed by atoms with Gasteiger partial charge in [-0.15, -0.1) is 0 Å². The van der Waals surface area contributed by atoms with Crippen molar-refractivity contribution < 1.29 is 8.42 Å². The lowest BCUT2D eigenvalue weighted by Gasteiger charge is -2.27. The molecule has 0 atom stereocenters. The predicted octanol–water partition coefficient (Wildman–Crippen LogP) is 2.09. The summed E-state index contributed by atoms with van der Waals surface area (Å²) >= 11 is 0. The van der Waals surface area contributed by atoms with Crippen molar-refractivity contribution in [3.05, 3.63) is 0 Å². The third kappa shape index (κ3) is 5.36. The first kappa shape index (κ1) is 16.9. The fraction of sp³-hybridized carbons (Fsp3) is 1.00. The zero-order chi connectivity index (χ0) is 13.6. The zero-order valence-corrected chi connectivity index (χ0v) is 12.8. The Kier molecular flexibility index (Phi) is 7.28. The Morgan fingerprint density at radius 3 is 1.71 bits per heavy atom. The molecule has 0 aliphatic heterocycles. The van der Waals surface area contributed by atoms with Crippen LogP contribution < -0.4 is 4.72 Å². The van der Waals surface area contributed by atoms with Gasteiger partial charge in [0.15, 0.2) is 0 Å². The molecule has 4 nitrogen and oxygen atoms in total. The zero-order valence-electron chi connectivity index (χ0n) is 12.0. The summed E-state index contributed by atoms with van der Waals surface area (Å²) in [5, 5.41) is 0. The van der Waals surface area contributed by atoms with Crippen molar-refractivity contribution in [2.24, 2.45) is 17.8 Å². The molecule has 0 rings (SSSR count). The van der Waals surface area contributed by atoms with E-state index in [9.17, 15) is 8.42 Å². The first-order chi connectivity index (χ1) is 7.76. The standard InChI is InChI=1S/C12H28N2O2S/c1-7-14(8-2)17(15,16)13-9-12(10(3)4)11(5)6/h10-13H,7-9H2,1-6H3. The third-order valence-electron chi connectivity index (χ3n) is 3.26. The molecule has 0 saturated carbocycles. The second-order valence-electron chi connectivity index (χ2n) is 5.09. The van der Waals surface area contributed by atoms with Crippen LogP contribution in [0.2, 0.25) is 0 Å². The smallest absolute Gasteiger partial charge is 0.202 e. The lowest BCUT2D eigenvalue weighted by Crippen LogP contribution is -2.43. The SMILES string of the molecule is CCN(CC)S(=O)(=O)NCC(C(C)C)C(C)C. The van der Waals surface area contributed by atoms with Gasteiger partial charge in [0.25, 0.3) is 10.2 Å². The summed E-state index contributed by atoms with van der Waals surface area (Å²) in [5.74, 6) is 1.34. The normalized spacial score (nSPS) is 13.3. The third-order valence-corrected chi connectivity index (χ3v) is 4.99. The molecule has 0 aromatic rings. The highest BCUT2D eigenvalue weighted by atomic mass is 32.2. The van der Waals surface area contributed by atoms with E-state index in [0.29, 0.717) is 37.4 Å². The number of nitrogens with zero attached hydrogens (tertiary/aromatic N) is 1. The van der Waals surface area contributed by atoms with E-state index in [1.54, 1.807) is 0 Å². The predicted molar refractivity (Wildman–Crippen MR) is 73.0 cm³/mol. The van der Waals surface area contributed by atoms with Gasteiger partial charge in [-0.3, -0.25) is 0 Å². The van der Waals surface area contributed by atoms with E-state index < -0.39 is 10.2 Å². The first-order valence-corrected chi connectivity index (χ1v) is 7.94. The first-order valence-electron chi connectivity index (χ1n) is 6.50. The van der Waals surface area contributed by atoms with Crippen molar-refractivity contribution in [1.82, 2.24) is 9.03 Å². The van der Waals surface area contributed by atoms with E-state index in [4.69, 9.17) is 0 Å². The maximum atomic E-state index is 12.0. The molecule has 0 radical (unpaired) electrons. The summed E-state index contributed by atoms with van der Waals surface area (Å²) in [6.07, 6.45) is 0. The average Bonchev–Trinajstić information content (AvgIpc) is 2.17. The van der Waals surface area contributed by atoms with Crippen molar-refractivity contribution in [2.75, 3.05) is 19.6 Å². The summed E-state index contributed by atoms with van der Waals surface area (Å²) in [5.41, 5.74) is 0. The molecule has 0 aromatic carbocycles. The fourth-order valence-electron chi connectivity index (χ4n) is 2.10. The molecule has 5 heteroatoms. The lowest BCUT2D eigenvalue weighted by atomic mass is 9.86. The van der Waals surface area contributed by atoms with Crippen LogP contribution in [0.5, 0.6) is 0 Å². The Labute approximate surface area is 107 Å². The Hall–Kier alpha value is -0.130. The summed E-state index contributed by atoms with van der Waals surface area (Å²) in [7, 11) is -3.30. The van der Waals surface area contributed by atoms with E-state index in [0.717, 1.165) is 0 Å². The Morgan fingerprint density at radius 2 is 1.41 bits per heavy atom. The fourth-order valence-corrected chi connectivity index (χ4v) is 3.36. The van der Waals surface area contributed by atoms with E-state index in [1.165, 1.54) is 4.31 Å². The van der Waals surface area contributed by atoms with Crippen LogP contribution in [0.25, 0.3) is 0 Å². The highest BCUT2D eigenvalue weighted by molar-refractivity contribution is 7.87. The Morgan fingerprint density at radius 1 is 1.00 bits per heavy atom. The second kappa shape index (κ2) is 7.34. The summed E-state index contributed by atoms with van der Waals surface area (Å²) in [4.78, 5) is 0. The molecule has 0 saturated heterocycles. The molecule has 0 unspecified atom stereocenters. The van der Waals surface area contributed by atoms with E-state index in [1.807, 2.05) is 13.8 Å². The van der Waals surface area contributed by atoms with Crippen LogP contribution in [-0.2, 0) is 10.2 Å². The molecule has 0 fully saturated rings. The van der Waals surface area contributed by atoms with Gasteiger partial charge in [0, 0.05) is 19.6 Å². The van der Waals surface area contributed by atoms with Gasteiger partial charge in [-0.1, -0.05) is 41.5 Å². The van der Waals surface area contributed by atoms with Crippen LogP contribution in [-0.4, -0.2) is 32.4 Å². The summed E-state index contributed by atoms with van der Waals surface area (Å²) < 4.78 is 28.1. The minimum atomic E-state index is -3.30. The maximum absolute atomic E-state index is 12.0. The maximum Gasteiger partial charge on any atom is 0.279 e. The summed E-state index contributed by atoms with van der Waals surface area (Å²) in [6, 6.07) is 0. The monoisotopic (exact) mass is 264 g/mol. The van der Waals surface area contributed by atoms with Crippen molar-refractivity contribution >= 4 is 10.2 Å². The van der Waals surface area contributed by atoms with Gasteiger partial charge in [-0.05, 0) is 17.8 Å². The highest BCUT2D eigenvalue weighted by Gasteiger charge is 2.23. The molecule has 1 N–H and O–H groups in total. The highest BCUT2D eigenvalue weighted by Crippen LogP contribution is 2.19. The van der Waals surface area contributed by atoms with Crippen LogP contribution in [0.4, 0.5) is 0 Å². The van der Waals surface area contributed by atoms with E-state index in [2.05, 4.69) is 32.4 Å². The topological polar surface area (TPSA) is 49.4 Å². The van der Waals surface area contributed by atoms with E-state index >= 15 is 0 Å². The van der Waals surface area contributed by atoms with Crippen molar-refractivity contribution in [2.45, 2.75) is 41.5 Å². The molecule has 0 bridgehead atoms. The molecule has 0 aliphatic carbocycles. The minimum Gasteiger partial charge on any atom is -0.202 e. The molecule has 0 heterocycles. The van der Waals surface area contributed by atoms with Crippen LogP contribution >= 0.6 is 0 Å². The number of hydrogen-bond donors (Lipinski definition) is 1. The number of rotatable bonds is 8. The van der Waals surface area contributed by atoms with Gasteiger partial charge >= 0.3 is 0 Å². The molecule has 104 valence electrons. The molecular weight excluding hydrogens is 236 g/mol. The molecule has 0 aromatic heterocycles. The lowest BCUT2D eigenvalue weighted by molar-refractivity contribution is 0.286. The van der Waals surface area contributed by atoms with E-state index in [-0.39, 0.29) is 0 Å². The second-order valence-corrected chi connectivity index (χ2v) is 6.84. The van der Waals surface area contributed by atoms with Crippen molar-refractivity contribution in [3.63, 3.8) is 0 Å². The molecule has 0 aliphatic rings. The molecule has 17 heavy (non-hydrogen) atoms. The summed E-state index contributed by atoms with van der Waals surface area (Å²) in [6.45, 7) is 13.8. The largest absolute Gasteiger partial charge is 0.279 e. The van der Waals surface area contributed by atoms with Crippen LogP contribution in [0.3, 0.4) is 0 Å². The van der Waals surface area contributed by atoms with Gasteiger partial charge in [0.05, 0.1) is 0 Å². The quantitative estimate of drug-likeness (QED) is 0.730. The van der Waals surface area contributed by atoms with Crippen LogP contribution in [0.15, 0.2) is 0 Å². The van der Waals surface area contributed by atoms with Gasteiger partial charge < -0.3 is 0 Å². The molecular formula is C12H28N2O2S. The number of nitrogens with one attached hydrogen (secondary N) is 1. The Balaban J connectivity index is 4.53. The number of hydrogen-bond acceptors (Lipinski definition) is 2. The van der Waals surface area contributed by atoms with Gasteiger partial charge in [0.1, 0.15) is 0 Å². The van der Waals surface area contributed by atoms with Gasteiger partial charge in [0.2, 0.25) is 0 Å². The average molecular weight is 264 g/mol. The molecule has 0 amide bonds. The van der Waals surface area contributed by atoms with Crippen LogP contribution in [0.1, 0.15) is 41.5 Å². The minimum absolute atomic E-state index is 0.375. The van der Waals surface area contributed by atoms with Crippen molar-refractivity contribution in [3.8, 4) is 0 Å². The van der Waals surface area contributed by atoms with Gasteiger partial charge in [-0.25, -0.2) is 4.72 Å². The molecule has 0 spiro atoms. The Bertz CT molecular complexity index is 288. The van der Waals surface area contributed by atoms with Crippen LogP contribution in [0, 0.1) is 17.8 Å². The van der Waals surface area contributed by atoms with Gasteiger partial charge in [-0.2, -0.15) is 12.7 Å². The van der Waals surface area contributed by atoms with Crippen molar-refractivity contribution in [1.29, 1.82) is 0 Å².